The van der Waals surface area contributed by atoms with E-state index in [9.17, 15) is 4.79 Å². The number of hydrogen-bond donors (Lipinski definition) is 2. The predicted octanol–water partition coefficient (Wildman–Crippen LogP) is 7.17. The Morgan fingerprint density at radius 3 is 2.45 bits per heavy atom. The summed E-state index contributed by atoms with van der Waals surface area (Å²) < 4.78 is 0. The van der Waals surface area contributed by atoms with Gasteiger partial charge in [-0.05, 0) is 42.0 Å². The number of carbonyl (C=O) groups is 1. The molecule has 4 rings (SSSR count). The number of amides is 1. The molecule has 1 heterocycles. The first kappa shape index (κ1) is 21.7. The normalized spacial score (nSPS) is 11.8. The summed E-state index contributed by atoms with van der Waals surface area (Å²) >= 11 is 14.9. The summed E-state index contributed by atoms with van der Waals surface area (Å²) in [4.78, 5) is 18.7. The fourth-order valence-electron chi connectivity index (χ4n) is 2.87. The largest absolute Gasteiger partial charge is 0.399 e. The van der Waals surface area contributed by atoms with Gasteiger partial charge in [0.1, 0.15) is 5.25 Å². The zero-order valence-electron chi connectivity index (χ0n) is 16.1. The van der Waals surface area contributed by atoms with Crippen LogP contribution >= 0.6 is 46.3 Å². The Labute approximate surface area is 198 Å². The van der Waals surface area contributed by atoms with E-state index in [0.717, 1.165) is 21.7 Å². The van der Waals surface area contributed by atoms with Crippen molar-refractivity contribution in [3.8, 4) is 11.3 Å². The molecule has 3 N–H and O–H groups in total. The van der Waals surface area contributed by atoms with Gasteiger partial charge in [-0.3, -0.25) is 4.79 Å². The number of thiazole rings is 1. The number of carbonyl (C=O) groups excluding carboxylic acids is 1. The van der Waals surface area contributed by atoms with Gasteiger partial charge in [0, 0.05) is 21.5 Å². The van der Waals surface area contributed by atoms with Crippen LogP contribution in [0.25, 0.3) is 11.3 Å². The van der Waals surface area contributed by atoms with E-state index in [1.807, 2.05) is 66.0 Å². The third-order valence-electron chi connectivity index (χ3n) is 4.42. The van der Waals surface area contributed by atoms with Crippen molar-refractivity contribution >= 4 is 63.0 Å². The van der Waals surface area contributed by atoms with Gasteiger partial charge < -0.3 is 11.1 Å². The van der Waals surface area contributed by atoms with Crippen LogP contribution in [0.1, 0.15) is 10.8 Å². The second kappa shape index (κ2) is 9.75. The van der Waals surface area contributed by atoms with E-state index in [1.54, 1.807) is 12.1 Å². The van der Waals surface area contributed by atoms with E-state index in [1.165, 1.54) is 23.1 Å². The molecule has 0 aliphatic heterocycles. The standard InChI is InChI=1S/C23H17Cl2N3OS2/c24-18-11-6-15(12-19(18)25)20-13-30-23(27-20)28-22(29)21(14-4-2-1-3-5-14)31-17-9-7-16(26)8-10-17/h1-13,21H,26H2,(H,27,28,29). The Hall–Kier alpha value is -2.51. The van der Waals surface area contributed by atoms with Gasteiger partial charge >= 0.3 is 0 Å². The van der Waals surface area contributed by atoms with Crippen molar-refractivity contribution in [2.24, 2.45) is 0 Å². The molecule has 4 aromatic rings. The van der Waals surface area contributed by atoms with Crippen LogP contribution in [0.2, 0.25) is 10.0 Å². The molecule has 1 unspecified atom stereocenters. The average Bonchev–Trinajstić information content (AvgIpc) is 3.24. The number of nitrogen functional groups attached to an aromatic ring is 1. The number of hydrogen-bond acceptors (Lipinski definition) is 5. The summed E-state index contributed by atoms with van der Waals surface area (Å²) in [5, 5.41) is 5.85. The van der Waals surface area contributed by atoms with Gasteiger partial charge in [0.25, 0.3) is 0 Å². The molecular formula is C23H17Cl2N3OS2. The van der Waals surface area contributed by atoms with E-state index in [-0.39, 0.29) is 5.91 Å². The zero-order chi connectivity index (χ0) is 21.8. The second-order valence-corrected chi connectivity index (χ2v) is 9.48. The van der Waals surface area contributed by atoms with Crippen molar-refractivity contribution in [1.29, 1.82) is 0 Å². The molecule has 0 fully saturated rings. The van der Waals surface area contributed by atoms with Crippen LogP contribution in [0.3, 0.4) is 0 Å². The van der Waals surface area contributed by atoms with E-state index < -0.39 is 5.25 Å². The van der Waals surface area contributed by atoms with Crippen LogP contribution in [0, 0.1) is 0 Å². The average molecular weight is 486 g/mol. The van der Waals surface area contributed by atoms with Crippen LogP contribution in [-0.4, -0.2) is 10.9 Å². The Morgan fingerprint density at radius 1 is 1.00 bits per heavy atom. The first-order valence-electron chi connectivity index (χ1n) is 9.28. The lowest BCUT2D eigenvalue weighted by Gasteiger charge is -2.16. The van der Waals surface area contributed by atoms with Crippen molar-refractivity contribution in [3.63, 3.8) is 0 Å². The molecule has 1 atom stereocenters. The number of nitrogens with two attached hydrogens (primary N) is 1. The number of halogens is 2. The minimum atomic E-state index is -0.442. The van der Waals surface area contributed by atoms with Gasteiger partial charge in [-0.25, -0.2) is 4.98 Å². The van der Waals surface area contributed by atoms with Crippen molar-refractivity contribution in [2.45, 2.75) is 10.1 Å². The molecule has 156 valence electrons. The van der Waals surface area contributed by atoms with Crippen LogP contribution in [-0.2, 0) is 4.79 Å². The SMILES string of the molecule is Nc1ccc(SC(C(=O)Nc2nc(-c3ccc(Cl)c(Cl)c3)cs2)c2ccccc2)cc1. The van der Waals surface area contributed by atoms with E-state index in [0.29, 0.717) is 20.9 Å². The molecule has 31 heavy (non-hydrogen) atoms. The van der Waals surface area contributed by atoms with Crippen molar-refractivity contribution < 1.29 is 4.79 Å². The summed E-state index contributed by atoms with van der Waals surface area (Å²) in [6.07, 6.45) is 0. The number of aromatic nitrogens is 1. The smallest absolute Gasteiger partial charge is 0.244 e. The number of nitrogens with one attached hydrogen (secondary N) is 1. The highest BCUT2D eigenvalue weighted by atomic mass is 35.5. The predicted molar refractivity (Wildman–Crippen MR) is 132 cm³/mol. The Bertz CT molecular complexity index is 1200. The maximum Gasteiger partial charge on any atom is 0.244 e. The molecule has 0 radical (unpaired) electrons. The van der Waals surface area contributed by atoms with Crippen molar-refractivity contribution in [3.05, 3.63) is 93.8 Å². The molecule has 3 aromatic carbocycles. The maximum absolute atomic E-state index is 13.2. The number of nitrogens with zero attached hydrogens (tertiary/aromatic N) is 1. The van der Waals surface area contributed by atoms with Gasteiger partial charge in [-0.2, -0.15) is 0 Å². The number of thioether (sulfide) groups is 1. The van der Waals surface area contributed by atoms with Gasteiger partial charge in [0.15, 0.2) is 5.13 Å². The summed E-state index contributed by atoms with van der Waals surface area (Å²) in [5.74, 6) is -0.150. The van der Waals surface area contributed by atoms with Gasteiger partial charge in [-0.15, -0.1) is 23.1 Å². The molecule has 1 amide bonds. The fourth-order valence-corrected chi connectivity index (χ4v) is 4.92. The lowest BCUT2D eigenvalue weighted by molar-refractivity contribution is -0.115. The summed E-state index contributed by atoms with van der Waals surface area (Å²) in [5.41, 5.74) is 8.93. The quantitative estimate of drug-likeness (QED) is 0.224. The summed E-state index contributed by atoms with van der Waals surface area (Å²) in [6.45, 7) is 0. The topological polar surface area (TPSA) is 68.0 Å². The first-order chi connectivity index (χ1) is 15.0. The monoisotopic (exact) mass is 485 g/mol. The molecule has 4 nitrogen and oxygen atoms in total. The van der Waals surface area contributed by atoms with Crippen LogP contribution in [0.4, 0.5) is 10.8 Å². The Kier molecular flexibility index (Phi) is 6.83. The molecular weight excluding hydrogens is 469 g/mol. The van der Waals surface area contributed by atoms with Crippen LogP contribution in [0.15, 0.2) is 83.1 Å². The molecule has 0 saturated carbocycles. The summed E-state index contributed by atoms with van der Waals surface area (Å²) in [7, 11) is 0. The molecule has 1 aromatic heterocycles. The highest BCUT2D eigenvalue weighted by Gasteiger charge is 2.23. The lowest BCUT2D eigenvalue weighted by Crippen LogP contribution is -2.18. The molecule has 8 heteroatoms. The van der Waals surface area contributed by atoms with Gasteiger partial charge in [-0.1, -0.05) is 59.6 Å². The summed E-state index contributed by atoms with van der Waals surface area (Å²) in [6, 6.07) is 22.5. The number of benzene rings is 3. The van der Waals surface area contributed by atoms with Gasteiger partial charge in [0.2, 0.25) is 5.91 Å². The fraction of sp³-hybridized carbons (Fsp3) is 0.0435. The minimum Gasteiger partial charge on any atom is -0.399 e. The maximum atomic E-state index is 13.2. The van der Waals surface area contributed by atoms with E-state index in [2.05, 4.69) is 10.3 Å². The molecule has 0 saturated heterocycles. The van der Waals surface area contributed by atoms with Crippen molar-refractivity contribution in [2.75, 3.05) is 11.1 Å². The lowest BCUT2D eigenvalue weighted by atomic mass is 10.1. The van der Waals surface area contributed by atoms with Crippen molar-refractivity contribution in [1.82, 2.24) is 4.98 Å². The second-order valence-electron chi connectivity index (χ2n) is 6.63. The Morgan fingerprint density at radius 2 is 1.74 bits per heavy atom. The zero-order valence-corrected chi connectivity index (χ0v) is 19.2. The van der Waals surface area contributed by atoms with E-state index >= 15 is 0 Å². The third-order valence-corrected chi connectivity index (χ3v) is 7.19. The van der Waals surface area contributed by atoms with Crippen LogP contribution in [0.5, 0.6) is 0 Å². The molecule has 0 aliphatic rings. The number of anilines is 2. The molecule has 0 aliphatic carbocycles. The minimum absolute atomic E-state index is 0.150. The highest BCUT2D eigenvalue weighted by Crippen LogP contribution is 2.37. The van der Waals surface area contributed by atoms with Crippen LogP contribution < -0.4 is 11.1 Å². The first-order valence-corrected chi connectivity index (χ1v) is 11.8. The third kappa shape index (κ3) is 5.40. The molecule has 0 bridgehead atoms. The molecule has 0 spiro atoms. The number of rotatable bonds is 6. The van der Waals surface area contributed by atoms with Gasteiger partial charge in [0.05, 0.1) is 15.7 Å². The highest BCUT2D eigenvalue weighted by molar-refractivity contribution is 8.00. The Balaban J connectivity index is 1.55. The van der Waals surface area contributed by atoms with E-state index in [4.69, 9.17) is 28.9 Å².